The fourth-order valence-corrected chi connectivity index (χ4v) is 4.00. The number of carboxylic acid groups (broad SMARTS) is 1. The molecule has 0 amide bonds. The first-order valence-corrected chi connectivity index (χ1v) is 8.48. The first-order chi connectivity index (χ1) is 9.61. The summed E-state index contributed by atoms with van der Waals surface area (Å²) in [5, 5.41) is 12.8. The van der Waals surface area contributed by atoms with Crippen LogP contribution in [-0.4, -0.2) is 17.6 Å². The third kappa shape index (κ3) is 3.83. The number of carboxylic acids is 1. The monoisotopic (exact) mass is 295 g/mol. The fourth-order valence-electron chi connectivity index (χ4n) is 3.02. The molecule has 0 aromatic carbocycles. The Labute approximate surface area is 125 Å². The molecule has 112 valence electrons. The summed E-state index contributed by atoms with van der Waals surface area (Å²) < 4.78 is 0. The van der Waals surface area contributed by atoms with E-state index >= 15 is 0 Å². The standard InChI is InChI=1S/C16H25NO2S/c1-3-13-8-9-15(20-13)11(2)17-10-12-6-4-5-7-14(12)16(18)19/h8-9,11-12,14,17H,3-7,10H2,1-2H3,(H,18,19). The van der Waals surface area contributed by atoms with Crippen molar-refractivity contribution in [2.45, 2.75) is 52.0 Å². The molecule has 0 aliphatic heterocycles. The van der Waals surface area contributed by atoms with Gasteiger partial charge in [-0.15, -0.1) is 11.3 Å². The summed E-state index contributed by atoms with van der Waals surface area (Å²) in [6.45, 7) is 5.16. The summed E-state index contributed by atoms with van der Waals surface area (Å²) in [6, 6.07) is 4.70. The number of carbonyl (C=O) groups is 1. The maximum Gasteiger partial charge on any atom is 0.306 e. The van der Waals surface area contributed by atoms with E-state index in [2.05, 4.69) is 31.3 Å². The minimum absolute atomic E-state index is 0.155. The van der Waals surface area contributed by atoms with Gasteiger partial charge in [-0.2, -0.15) is 0 Å². The molecule has 4 heteroatoms. The lowest BCUT2D eigenvalue weighted by molar-refractivity contribution is -0.144. The van der Waals surface area contributed by atoms with Gasteiger partial charge in [-0.05, 0) is 50.8 Å². The summed E-state index contributed by atoms with van der Waals surface area (Å²) in [5.41, 5.74) is 0. The van der Waals surface area contributed by atoms with Gasteiger partial charge in [0.2, 0.25) is 0 Å². The summed E-state index contributed by atoms with van der Waals surface area (Å²) in [4.78, 5) is 14.1. The van der Waals surface area contributed by atoms with Crippen LogP contribution < -0.4 is 5.32 Å². The second-order valence-electron chi connectivity index (χ2n) is 5.78. The van der Waals surface area contributed by atoms with Crippen LogP contribution in [0.1, 0.15) is 55.3 Å². The fraction of sp³-hybridized carbons (Fsp3) is 0.688. The molecule has 1 aromatic heterocycles. The predicted molar refractivity (Wildman–Crippen MR) is 83.2 cm³/mol. The van der Waals surface area contributed by atoms with Crippen LogP contribution in [0.15, 0.2) is 12.1 Å². The summed E-state index contributed by atoms with van der Waals surface area (Å²) >= 11 is 1.86. The molecule has 2 N–H and O–H groups in total. The Morgan fingerprint density at radius 1 is 1.45 bits per heavy atom. The van der Waals surface area contributed by atoms with Crippen molar-refractivity contribution >= 4 is 17.3 Å². The van der Waals surface area contributed by atoms with Crippen LogP contribution in [0.3, 0.4) is 0 Å². The highest BCUT2D eigenvalue weighted by molar-refractivity contribution is 7.12. The molecule has 1 aromatic rings. The average molecular weight is 295 g/mol. The number of nitrogens with one attached hydrogen (secondary N) is 1. The first-order valence-electron chi connectivity index (χ1n) is 7.66. The van der Waals surface area contributed by atoms with Crippen molar-refractivity contribution in [1.29, 1.82) is 0 Å². The van der Waals surface area contributed by atoms with Crippen LogP contribution in [0.5, 0.6) is 0 Å². The smallest absolute Gasteiger partial charge is 0.306 e. The molecule has 0 bridgehead atoms. The Bertz CT molecular complexity index is 443. The molecule has 3 unspecified atom stereocenters. The molecule has 1 heterocycles. The maximum absolute atomic E-state index is 11.3. The highest BCUT2D eigenvalue weighted by atomic mass is 32.1. The molecule has 3 nitrogen and oxygen atoms in total. The lowest BCUT2D eigenvalue weighted by Crippen LogP contribution is -2.35. The van der Waals surface area contributed by atoms with Crippen LogP contribution in [0.2, 0.25) is 0 Å². The number of hydrogen-bond donors (Lipinski definition) is 2. The zero-order valence-electron chi connectivity index (χ0n) is 12.4. The molecule has 0 saturated heterocycles. The second-order valence-corrected chi connectivity index (χ2v) is 6.98. The third-order valence-corrected chi connectivity index (χ3v) is 5.78. The normalized spacial score (nSPS) is 24.5. The highest BCUT2D eigenvalue weighted by Gasteiger charge is 2.30. The quantitative estimate of drug-likeness (QED) is 0.838. The number of aliphatic carboxylic acids is 1. The first kappa shape index (κ1) is 15.5. The van der Waals surface area contributed by atoms with E-state index in [0.717, 1.165) is 32.2 Å². The van der Waals surface area contributed by atoms with Gasteiger partial charge in [0, 0.05) is 15.8 Å². The molecule has 20 heavy (non-hydrogen) atoms. The zero-order valence-corrected chi connectivity index (χ0v) is 13.2. The van der Waals surface area contributed by atoms with E-state index in [4.69, 9.17) is 0 Å². The summed E-state index contributed by atoms with van der Waals surface area (Å²) in [7, 11) is 0. The average Bonchev–Trinajstić information content (AvgIpc) is 2.94. The van der Waals surface area contributed by atoms with Gasteiger partial charge < -0.3 is 10.4 Å². The third-order valence-electron chi connectivity index (χ3n) is 4.37. The van der Waals surface area contributed by atoms with Gasteiger partial charge in [0.1, 0.15) is 0 Å². The Morgan fingerprint density at radius 3 is 2.85 bits per heavy atom. The van der Waals surface area contributed by atoms with Crippen LogP contribution >= 0.6 is 11.3 Å². The van der Waals surface area contributed by atoms with Crippen molar-refractivity contribution in [3.05, 3.63) is 21.9 Å². The van der Waals surface area contributed by atoms with Crippen molar-refractivity contribution in [1.82, 2.24) is 5.32 Å². The van der Waals surface area contributed by atoms with Gasteiger partial charge in [0.15, 0.2) is 0 Å². The lowest BCUT2D eigenvalue weighted by atomic mass is 9.79. The lowest BCUT2D eigenvalue weighted by Gasteiger charge is -2.29. The molecule has 1 fully saturated rings. The Hall–Kier alpha value is -0.870. The van der Waals surface area contributed by atoms with E-state index in [1.807, 2.05) is 11.3 Å². The van der Waals surface area contributed by atoms with Crippen molar-refractivity contribution in [3.8, 4) is 0 Å². The molecule has 1 saturated carbocycles. The number of aryl methyl sites for hydroxylation is 1. The van der Waals surface area contributed by atoms with Gasteiger partial charge in [0.25, 0.3) is 0 Å². The van der Waals surface area contributed by atoms with Crippen molar-refractivity contribution < 1.29 is 9.90 Å². The molecule has 2 rings (SSSR count). The Morgan fingerprint density at radius 2 is 2.20 bits per heavy atom. The van der Waals surface area contributed by atoms with Crippen LogP contribution in [0.4, 0.5) is 0 Å². The highest BCUT2D eigenvalue weighted by Crippen LogP contribution is 2.31. The SMILES string of the molecule is CCc1ccc(C(C)NCC2CCCCC2C(=O)O)s1. The zero-order chi connectivity index (χ0) is 14.5. The number of thiophene rings is 1. The van der Waals surface area contributed by atoms with E-state index in [9.17, 15) is 9.90 Å². The van der Waals surface area contributed by atoms with Gasteiger partial charge >= 0.3 is 5.97 Å². The molecule has 0 spiro atoms. The van der Waals surface area contributed by atoms with Crippen LogP contribution in [0.25, 0.3) is 0 Å². The second kappa shape index (κ2) is 7.23. The van der Waals surface area contributed by atoms with E-state index in [0.29, 0.717) is 6.04 Å². The Kier molecular flexibility index (Phi) is 5.61. The molecule has 1 aliphatic carbocycles. The largest absolute Gasteiger partial charge is 0.481 e. The van der Waals surface area contributed by atoms with Gasteiger partial charge in [-0.3, -0.25) is 4.79 Å². The number of hydrogen-bond acceptors (Lipinski definition) is 3. The molecular weight excluding hydrogens is 270 g/mol. The molecule has 1 aliphatic rings. The van der Waals surface area contributed by atoms with E-state index in [1.165, 1.54) is 16.2 Å². The number of rotatable bonds is 6. The van der Waals surface area contributed by atoms with Crippen molar-refractivity contribution in [2.75, 3.05) is 6.54 Å². The minimum atomic E-state index is -0.617. The van der Waals surface area contributed by atoms with Gasteiger partial charge in [-0.1, -0.05) is 19.8 Å². The van der Waals surface area contributed by atoms with Crippen LogP contribution in [0, 0.1) is 11.8 Å². The maximum atomic E-state index is 11.3. The Balaban J connectivity index is 1.88. The summed E-state index contributed by atoms with van der Waals surface area (Å²) in [5.74, 6) is -0.485. The van der Waals surface area contributed by atoms with Crippen molar-refractivity contribution in [3.63, 3.8) is 0 Å². The molecule has 0 radical (unpaired) electrons. The predicted octanol–water partition coefficient (Wildman–Crippen LogP) is 3.85. The summed E-state index contributed by atoms with van der Waals surface area (Å²) in [6.07, 6.45) is 5.20. The minimum Gasteiger partial charge on any atom is -0.481 e. The van der Waals surface area contributed by atoms with Gasteiger partial charge in [-0.25, -0.2) is 0 Å². The van der Waals surface area contributed by atoms with E-state index in [1.54, 1.807) is 0 Å². The van der Waals surface area contributed by atoms with E-state index < -0.39 is 5.97 Å². The molecule has 3 atom stereocenters. The van der Waals surface area contributed by atoms with Gasteiger partial charge in [0.05, 0.1) is 5.92 Å². The van der Waals surface area contributed by atoms with Crippen LogP contribution in [-0.2, 0) is 11.2 Å². The van der Waals surface area contributed by atoms with Crippen molar-refractivity contribution in [2.24, 2.45) is 11.8 Å². The molecular formula is C16H25NO2S. The van der Waals surface area contributed by atoms with E-state index in [-0.39, 0.29) is 11.8 Å². The topological polar surface area (TPSA) is 49.3 Å².